The van der Waals surface area contributed by atoms with E-state index in [1.807, 2.05) is 24.3 Å². The van der Waals surface area contributed by atoms with Gasteiger partial charge in [0.1, 0.15) is 4.92 Å². The van der Waals surface area contributed by atoms with Gasteiger partial charge < -0.3 is 4.42 Å². The van der Waals surface area contributed by atoms with E-state index in [9.17, 15) is 10.1 Å². The Morgan fingerprint density at radius 3 is 2.95 bits per heavy atom. The van der Waals surface area contributed by atoms with Gasteiger partial charge in [-0.05, 0) is 12.1 Å². The predicted molar refractivity (Wildman–Crippen MR) is 68.1 cm³/mol. The molecule has 0 N–H and O–H groups in total. The average molecular weight is 256 g/mol. The number of hydrogen-bond acceptors (Lipinski definition) is 5. The van der Waals surface area contributed by atoms with Crippen LogP contribution in [0.2, 0.25) is 0 Å². The molecule has 2 aromatic heterocycles. The Balaban J connectivity index is 1.91. The first-order valence-electron chi connectivity index (χ1n) is 5.45. The molecule has 0 aliphatic rings. The van der Waals surface area contributed by atoms with Crippen molar-refractivity contribution >= 4 is 23.0 Å². The van der Waals surface area contributed by atoms with Crippen LogP contribution in [0.15, 0.2) is 52.1 Å². The van der Waals surface area contributed by atoms with E-state index in [-0.39, 0.29) is 5.88 Å². The molecule has 2 heterocycles. The van der Waals surface area contributed by atoms with Crippen molar-refractivity contribution in [2.24, 2.45) is 5.10 Å². The zero-order chi connectivity index (χ0) is 13.2. The van der Waals surface area contributed by atoms with Crippen LogP contribution in [0.3, 0.4) is 0 Å². The minimum Gasteiger partial charge on any atom is -0.400 e. The zero-order valence-electron chi connectivity index (χ0n) is 9.63. The number of para-hydroxylation sites is 1. The van der Waals surface area contributed by atoms with Crippen LogP contribution in [0.4, 0.5) is 5.88 Å². The molecule has 0 saturated heterocycles. The van der Waals surface area contributed by atoms with Crippen LogP contribution in [0.5, 0.6) is 0 Å². The molecular weight excluding hydrogens is 248 g/mol. The second-order valence-electron chi connectivity index (χ2n) is 3.77. The van der Waals surface area contributed by atoms with Crippen molar-refractivity contribution in [1.82, 2.24) is 9.89 Å². The van der Waals surface area contributed by atoms with E-state index in [0.717, 1.165) is 10.9 Å². The molecule has 0 atom stereocenters. The first kappa shape index (κ1) is 11.1. The van der Waals surface area contributed by atoms with Crippen LogP contribution in [-0.2, 0) is 0 Å². The molecule has 3 rings (SSSR count). The maximum absolute atomic E-state index is 10.5. The molecule has 0 aliphatic carbocycles. The monoisotopic (exact) mass is 256 g/mol. The summed E-state index contributed by atoms with van der Waals surface area (Å²) in [6.07, 6.45) is 3.07. The van der Waals surface area contributed by atoms with Gasteiger partial charge in [-0.25, -0.2) is 0 Å². The second kappa shape index (κ2) is 4.37. The van der Waals surface area contributed by atoms with E-state index in [0.29, 0.717) is 5.76 Å². The molecule has 94 valence electrons. The highest BCUT2D eigenvalue weighted by Gasteiger charge is 2.10. The lowest BCUT2D eigenvalue weighted by molar-refractivity contribution is -0.402. The number of furan rings is 1. The maximum atomic E-state index is 10.5. The van der Waals surface area contributed by atoms with Crippen LogP contribution in [0.25, 0.3) is 10.9 Å². The smallest absolute Gasteiger partial charge is 0.400 e. The normalized spacial score (nSPS) is 11.4. The van der Waals surface area contributed by atoms with Gasteiger partial charge in [-0.1, -0.05) is 18.2 Å². The second-order valence-corrected chi connectivity index (χ2v) is 3.77. The standard InChI is InChI=1S/C12H8N4O3/c17-16(18)12-6-5-10(19-12)8-14-15-11-4-2-1-3-9(11)7-13-15/h1-8H/b14-8+. The summed E-state index contributed by atoms with van der Waals surface area (Å²) in [7, 11) is 0. The predicted octanol–water partition coefficient (Wildman–Crippen LogP) is 2.42. The Morgan fingerprint density at radius 1 is 1.32 bits per heavy atom. The Hall–Kier alpha value is -2.96. The molecule has 0 fully saturated rings. The Morgan fingerprint density at radius 2 is 2.16 bits per heavy atom. The van der Waals surface area contributed by atoms with Gasteiger partial charge in [0, 0.05) is 5.39 Å². The van der Waals surface area contributed by atoms with Gasteiger partial charge in [0.25, 0.3) is 0 Å². The van der Waals surface area contributed by atoms with Crippen molar-refractivity contribution in [3.8, 4) is 0 Å². The van der Waals surface area contributed by atoms with Gasteiger partial charge in [-0.2, -0.15) is 15.0 Å². The van der Waals surface area contributed by atoms with Gasteiger partial charge >= 0.3 is 5.88 Å². The fraction of sp³-hybridized carbons (Fsp3) is 0. The van der Waals surface area contributed by atoms with Crippen LogP contribution in [-0.4, -0.2) is 21.0 Å². The van der Waals surface area contributed by atoms with Crippen molar-refractivity contribution in [1.29, 1.82) is 0 Å². The molecule has 0 amide bonds. The third kappa shape index (κ3) is 2.08. The molecule has 0 unspecified atom stereocenters. The molecule has 3 aromatic rings. The third-order valence-electron chi connectivity index (χ3n) is 2.55. The molecule has 7 nitrogen and oxygen atoms in total. The summed E-state index contributed by atoms with van der Waals surface area (Å²) in [4.78, 5) is 11.3. The highest BCUT2D eigenvalue weighted by Crippen LogP contribution is 2.15. The molecule has 0 spiro atoms. The van der Waals surface area contributed by atoms with Crippen molar-refractivity contribution in [2.75, 3.05) is 0 Å². The Labute approximate surface area is 106 Å². The van der Waals surface area contributed by atoms with E-state index in [2.05, 4.69) is 10.2 Å². The van der Waals surface area contributed by atoms with Crippen molar-refractivity contribution < 1.29 is 9.34 Å². The van der Waals surface area contributed by atoms with Crippen molar-refractivity contribution in [3.05, 3.63) is 58.5 Å². The molecule has 0 saturated carbocycles. The Bertz CT molecular complexity index is 772. The highest BCUT2D eigenvalue weighted by atomic mass is 16.6. The largest absolute Gasteiger partial charge is 0.433 e. The Kier molecular flexibility index (Phi) is 2.57. The molecule has 0 bridgehead atoms. The summed E-state index contributed by atoms with van der Waals surface area (Å²) in [6.45, 7) is 0. The number of hydrogen-bond donors (Lipinski definition) is 0. The number of aromatic nitrogens is 2. The first-order valence-corrected chi connectivity index (χ1v) is 5.45. The quantitative estimate of drug-likeness (QED) is 0.409. The molecule has 1 aromatic carbocycles. The van der Waals surface area contributed by atoms with E-state index < -0.39 is 4.92 Å². The summed E-state index contributed by atoms with van der Waals surface area (Å²) in [5.41, 5.74) is 0.847. The lowest BCUT2D eigenvalue weighted by Crippen LogP contribution is -1.91. The van der Waals surface area contributed by atoms with Gasteiger partial charge in [-0.15, -0.1) is 0 Å². The van der Waals surface area contributed by atoms with Crippen molar-refractivity contribution in [3.63, 3.8) is 0 Å². The number of rotatable bonds is 3. The van der Waals surface area contributed by atoms with Gasteiger partial charge in [0.2, 0.25) is 0 Å². The summed E-state index contributed by atoms with van der Waals surface area (Å²) in [6, 6.07) is 10.4. The van der Waals surface area contributed by atoms with Crippen LogP contribution < -0.4 is 0 Å². The average Bonchev–Trinajstić information content (AvgIpc) is 3.03. The number of nitro groups is 1. The van der Waals surface area contributed by atoms with Gasteiger partial charge in [0.05, 0.1) is 24.0 Å². The van der Waals surface area contributed by atoms with Crippen LogP contribution in [0, 0.1) is 10.1 Å². The van der Waals surface area contributed by atoms with Crippen LogP contribution >= 0.6 is 0 Å². The lowest BCUT2D eigenvalue weighted by Gasteiger charge is -1.93. The maximum Gasteiger partial charge on any atom is 0.433 e. The molecule has 7 heteroatoms. The fourth-order valence-electron chi connectivity index (χ4n) is 1.67. The van der Waals surface area contributed by atoms with Gasteiger partial charge in [-0.3, -0.25) is 10.1 Å². The summed E-state index contributed by atoms with van der Waals surface area (Å²) >= 11 is 0. The van der Waals surface area contributed by atoms with E-state index >= 15 is 0 Å². The first-order chi connectivity index (χ1) is 9.24. The molecular formula is C12H8N4O3. The summed E-state index contributed by atoms with van der Waals surface area (Å²) in [5.74, 6) is -0.0157. The highest BCUT2D eigenvalue weighted by molar-refractivity contribution is 5.80. The SMILES string of the molecule is O=[N+]([O-])c1ccc(/C=N/n2ncc3ccccc32)o1. The number of fused-ring (bicyclic) bond motifs is 1. The zero-order valence-corrected chi connectivity index (χ0v) is 9.63. The molecule has 19 heavy (non-hydrogen) atoms. The summed E-state index contributed by atoms with van der Waals surface area (Å²) in [5, 5.41) is 19.6. The van der Waals surface area contributed by atoms with Crippen molar-refractivity contribution in [2.45, 2.75) is 0 Å². The lowest BCUT2D eigenvalue weighted by atomic mass is 10.3. The van der Waals surface area contributed by atoms with E-state index in [1.165, 1.54) is 23.1 Å². The number of benzene rings is 1. The number of nitrogens with zero attached hydrogens (tertiary/aromatic N) is 4. The summed E-state index contributed by atoms with van der Waals surface area (Å²) < 4.78 is 4.97. The van der Waals surface area contributed by atoms with Crippen LogP contribution in [0.1, 0.15) is 5.76 Å². The minimum atomic E-state index is -0.597. The molecule has 0 radical (unpaired) electrons. The van der Waals surface area contributed by atoms with E-state index in [1.54, 1.807) is 6.20 Å². The fourth-order valence-corrected chi connectivity index (χ4v) is 1.67. The minimum absolute atomic E-state index is 0.297. The topological polar surface area (TPSA) is 86.5 Å². The molecule has 0 aliphatic heterocycles. The third-order valence-corrected chi connectivity index (χ3v) is 2.55. The van der Waals surface area contributed by atoms with E-state index in [4.69, 9.17) is 4.42 Å². The van der Waals surface area contributed by atoms with Gasteiger partial charge in [0.15, 0.2) is 5.76 Å².